The molecule has 9 heteroatoms. The Balaban J connectivity index is 0.00000338. The molecule has 0 aliphatic heterocycles. The lowest BCUT2D eigenvalue weighted by Crippen LogP contribution is -2.11. The van der Waals surface area contributed by atoms with Gasteiger partial charge in [-0.2, -0.15) is 0 Å². The van der Waals surface area contributed by atoms with Crippen LogP contribution < -0.4 is 11.5 Å². The fraction of sp³-hybridized carbons (Fsp3) is 0.118. The zero-order chi connectivity index (χ0) is 18.4. The first kappa shape index (κ1) is 22.2. The minimum absolute atomic E-state index is 0. The third-order valence-corrected chi connectivity index (χ3v) is 4.87. The first-order valence-electron chi connectivity index (χ1n) is 7.23. The lowest BCUT2D eigenvalue weighted by atomic mass is 9.96. The maximum Gasteiger partial charge on any atom is 0.193 e. The van der Waals surface area contributed by atoms with E-state index in [2.05, 4.69) is 0 Å². The van der Waals surface area contributed by atoms with Crippen LogP contribution in [0.4, 0.5) is 4.39 Å². The van der Waals surface area contributed by atoms with Crippen LogP contribution in [0.2, 0.25) is 0 Å². The highest BCUT2D eigenvalue weighted by Gasteiger charge is 2.18. The van der Waals surface area contributed by atoms with E-state index in [-0.39, 0.29) is 38.9 Å². The largest absolute Gasteiger partial charge is 0.379 e. The maximum absolute atomic E-state index is 13.6. The van der Waals surface area contributed by atoms with Gasteiger partial charge in [0.1, 0.15) is 5.82 Å². The monoisotopic (exact) mass is 456 g/mol. The number of ketones is 1. The topological polar surface area (TPSA) is 117 Å². The highest BCUT2D eigenvalue weighted by Crippen LogP contribution is 2.24. The van der Waals surface area contributed by atoms with Crippen LogP contribution >= 0.6 is 40.5 Å². The van der Waals surface area contributed by atoms with Gasteiger partial charge in [0.05, 0.1) is 0 Å². The Morgan fingerprint density at radius 3 is 2.08 bits per heavy atom. The van der Waals surface area contributed by atoms with Gasteiger partial charge in [0, 0.05) is 22.6 Å². The van der Waals surface area contributed by atoms with E-state index < -0.39 is 5.82 Å². The molecule has 0 saturated carbocycles. The van der Waals surface area contributed by atoms with Crippen LogP contribution in [0, 0.1) is 16.6 Å². The van der Waals surface area contributed by atoms with Gasteiger partial charge in [-0.1, -0.05) is 47.8 Å². The first-order chi connectivity index (χ1) is 11.9. The summed E-state index contributed by atoms with van der Waals surface area (Å²) >= 11 is 2.16. The van der Waals surface area contributed by atoms with Crippen LogP contribution in [-0.4, -0.2) is 16.1 Å². The SMILES string of the molecule is Br.N=C(N)SCc1ccccc1C(=O)c1ccc(F)cc1CSC(=N)N. The molecule has 0 unspecified atom stereocenters. The van der Waals surface area contributed by atoms with Gasteiger partial charge in [-0.3, -0.25) is 15.6 Å². The van der Waals surface area contributed by atoms with Crippen LogP contribution in [0.5, 0.6) is 0 Å². The van der Waals surface area contributed by atoms with E-state index >= 15 is 0 Å². The molecule has 26 heavy (non-hydrogen) atoms. The molecule has 0 heterocycles. The summed E-state index contributed by atoms with van der Waals surface area (Å²) in [7, 11) is 0. The van der Waals surface area contributed by atoms with Gasteiger partial charge < -0.3 is 11.5 Å². The molecule has 0 saturated heterocycles. The van der Waals surface area contributed by atoms with Gasteiger partial charge in [-0.15, -0.1) is 17.0 Å². The third-order valence-electron chi connectivity index (χ3n) is 3.34. The van der Waals surface area contributed by atoms with Crippen LogP contribution in [0.3, 0.4) is 0 Å². The molecule has 0 aromatic heterocycles. The van der Waals surface area contributed by atoms with Crippen LogP contribution in [-0.2, 0) is 11.5 Å². The molecule has 0 bridgehead atoms. The van der Waals surface area contributed by atoms with E-state index in [1.165, 1.54) is 18.2 Å². The Hall–Kier alpha value is -1.84. The Morgan fingerprint density at radius 2 is 1.46 bits per heavy atom. The normalized spacial score (nSPS) is 10.0. The number of hydrogen-bond acceptors (Lipinski definition) is 5. The minimum atomic E-state index is -0.448. The van der Waals surface area contributed by atoms with E-state index in [1.54, 1.807) is 18.2 Å². The summed E-state index contributed by atoms with van der Waals surface area (Å²) in [5.41, 5.74) is 12.8. The number of thioether (sulfide) groups is 2. The summed E-state index contributed by atoms with van der Waals surface area (Å²) in [5, 5.41) is 14.5. The molecule has 0 spiro atoms. The number of amidine groups is 2. The molecule has 0 aliphatic rings. The molecule has 0 aliphatic carbocycles. The molecular formula is C17H18BrFN4OS2. The Labute approximate surface area is 169 Å². The third kappa shape index (κ3) is 6.15. The van der Waals surface area contributed by atoms with Crippen molar-refractivity contribution in [1.29, 1.82) is 10.8 Å². The average Bonchev–Trinajstić information content (AvgIpc) is 2.58. The number of rotatable bonds is 6. The van der Waals surface area contributed by atoms with Crippen molar-refractivity contribution in [3.8, 4) is 0 Å². The molecule has 2 rings (SSSR count). The van der Waals surface area contributed by atoms with E-state index in [0.717, 1.165) is 29.1 Å². The van der Waals surface area contributed by atoms with E-state index in [1.807, 2.05) is 6.07 Å². The summed E-state index contributed by atoms with van der Waals surface area (Å²) in [6.45, 7) is 0. The van der Waals surface area contributed by atoms with E-state index in [9.17, 15) is 9.18 Å². The zero-order valence-corrected chi connectivity index (χ0v) is 17.0. The molecule has 5 nitrogen and oxygen atoms in total. The number of nitrogens with one attached hydrogen (secondary N) is 2. The fourth-order valence-corrected chi connectivity index (χ4v) is 3.34. The molecule has 138 valence electrons. The van der Waals surface area contributed by atoms with Gasteiger partial charge in [0.25, 0.3) is 0 Å². The van der Waals surface area contributed by atoms with Crippen molar-refractivity contribution in [2.45, 2.75) is 11.5 Å². The van der Waals surface area contributed by atoms with Crippen molar-refractivity contribution >= 4 is 56.6 Å². The molecule has 0 fully saturated rings. The second kappa shape index (κ2) is 10.3. The van der Waals surface area contributed by atoms with E-state index in [4.69, 9.17) is 22.3 Å². The molecule has 2 aromatic carbocycles. The highest BCUT2D eigenvalue weighted by molar-refractivity contribution is 8.93. The van der Waals surface area contributed by atoms with Crippen molar-refractivity contribution in [3.05, 3.63) is 70.5 Å². The van der Waals surface area contributed by atoms with Crippen LogP contribution in [0.25, 0.3) is 0 Å². The van der Waals surface area contributed by atoms with Crippen molar-refractivity contribution in [2.24, 2.45) is 11.5 Å². The van der Waals surface area contributed by atoms with Crippen molar-refractivity contribution in [1.82, 2.24) is 0 Å². The van der Waals surface area contributed by atoms with Gasteiger partial charge >= 0.3 is 0 Å². The summed E-state index contributed by atoms with van der Waals surface area (Å²) in [6, 6.07) is 11.0. The molecule has 0 atom stereocenters. The molecular weight excluding hydrogens is 439 g/mol. The van der Waals surface area contributed by atoms with E-state index in [0.29, 0.717) is 22.4 Å². The smallest absolute Gasteiger partial charge is 0.193 e. The Morgan fingerprint density at radius 1 is 0.923 bits per heavy atom. The Bertz CT molecular complexity index is 832. The standard InChI is InChI=1S/C17H17FN4OS2.BrH/c18-12-5-6-14(11(7-12)9-25-17(21)22)15(23)13-4-2-1-3-10(13)8-24-16(19)20;/h1-7H,8-9H2,(H3,19,20)(H3,21,22);1H. The number of hydrogen-bond donors (Lipinski definition) is 4. The quantitative estimate of drug-likeness (QED) is 0.298. The summed E-state index contributed by atoms with van der Waals surface area (Å²) in [6.07, 6.45) is 0. The number of carbonyl (C=O) groups is 1. The number of carbonyl (C=O) groups excluding carboxylic acids is 1. The van der Waals surface area contributed by atoms with Gasteiger partial charge in [0.15, 0.2) is 16.1 Å². The minimum Gasteiger partial charge on any atom is -0.379 e. The van der Waals surface area contributed by atoms with Gasteiger partial charge in [0.2, 0.25) is 0 Å². The predicted octanol–water partition coefficient (Wildman–Crippen LogP) is 3.89. The number of benzene rings is 2. The molecule has 0 amide bonds. The van der Waals surface area contributed by atoms with Crippen molar-refractivity contribution in [2.75, 3.05) is 0 Å². The van der Waals surface area contributed by atoms with Crippen LogP contribution in [0.15, 0.2) is 42.5 Å². The number of halogens is 2. The van der Waals surface area contributed by atoms with Crippen LogP contribution in [0.1, 0.15) is 27.0 Å². The predicted molar refractivity (Wildman–Crippen MR) is 113 cm³/mol. The Kier molecular flexibility index (Phi) is 8.83. The lowest BCUT2D eigenvalue weighted by molar-refractivity contribution is 0.103. The zero-order valence-electron chi connectivity index (χ0n) is 13.6. The second-order valence-electron chi connectivity index (χ2n) is 5.09. The van der Waals surface area contributed by atoms with Gasteiger partial charge in [-0.05, 0) is 29.3 Å². The second-order valence-corrected chi connectivity index (χ2v) is 7.13. The van der Waals surface area contributed by atoms with Gasteiger partial charge in [-0.25, -0.2) is 4.39 Å². The summed E-state index contributed by atoms with van der Waals surface area (Å²) in [4.78, 5) is 13.0. The maximum atomic E-state index is 13.6. The first-order valence-corrected chi connectivity index (χ1v) is 9.20. The average molecular weight is 457 g/mol. The number of nitrogens with two attached hydrogens (primary N) is 2. The van der Waals surface area contributed by atoms with Crippen molar-refractivity contribution < 1.29 is 9.18 Å². The van der Waals surface area contributed by atoms with Crippen molar-refractivity contribution in [3.63, 3.8) is 0 Å². The summed E-state index contributed by atoms with van der Waals surface area (Å²) in [5.74, 6) is -0.0517. The highest BCUT2D eigenvalue weighted by atomic mass is 79.9. The molecule has 0 radical (unpaired) electrons. The molecule has 6 N–H and O–H groups in total. The lowest BCUT2D eigenvalue weighted by Gasteiger charge is -2.12. The summed E-state index contributed by atoms with van der Waals surface area (Å²) < 4.78 is 13.6. The fourth-order valence-electron chi connectivity index (χ4n) is 2.23. The molecule has 2 aromatic rings.